The number of carbonyl (C=O) groups excluding carboxylic acids is 1. The third kappa shape index (κ3) is 2.81. The van der Waals surface area contributed by atoms with Gasteiger partial charge in [-0.25, -0.2) is 9.18 Å². The molecule has 104 valence electrons. The SMILES string of the molecule is Cc1csc(C(=O)O)c1NC(=O)c1ccc(F)cc1Cl. The van der Waals surface area contributed by atoms with Gasteiger partial charge in [0.15, 0.2) is 0 Å². The summed E-state index contributed by atoms with van der Waals surface area (Å²) in [4.78, 5) is 23.1. The average molecular weight is 314 g/mol. The van der Waals surface area contributed by atoms with Crippen LogP contribution in [0.15, 0.2) is 23.6 Å². The molecule has 0 bridgehead atoms. The van der Waals surface area contributed by atoms with E-state index in [9.17, 15) is 14.0 Å². The maximum atomic E-state index is 12.9. The quantitative estimate of drug-likeness (QED) is 0.905. The Labute approximate surface area is 122 Å². The number of carbonyl (C=O) groups is 2. The van der Waals surface area contributed by atoms with Gasteiger partial charge >= 0.3 is 5.97 Å². The Bertz CT molecular complexity index is 699. The van der Waals surface area contributed by atoms with E-state index in [1.807, 2.05) is 0 Å². The molecule has 1 aromatic heterocycles. The van der Waals surface area contributed by atoms with Crippen LogP contribution >= 0.6 is 22.9 Å². The van der Waals surface area contributed by atoms with Crippen LogP contribution in [0.25, 0.3) is 0 Å². The largest absolute Gasteiger partial charge is 0.477 e. The van der Waals surface area contributed by atoms with Crippen LogP contribution in [0.4, 0.5) is 10.1 Å². The molecular formula is C13H9ClFNO3S. The van der Waals surface area contributed by atoms with Crippen molar-refractivity contribution in [3.05, 3.63) is 50.4 Å². The third-order valence-electron chi connectivity index (χ3n) is 2.58. The molecule has 4 nitrogen and oxygen atoms in total. The maximum absolute atomic E-state index is 12.9. The summed E-state index contributed by atoms with van der Waals surface area (Å²) >= 11 is 6.81. The Balaban J connectivity index is 2.33. The van der Waals surface area contributed by atoms with E-state index in [2.05, 4.69) is 5.32 Å². The second kappa shape index (κ2) is 5.60. The Hall–Kier alpha value is -1.92. The lowest BCUT2D eigenvalue weighted by Crippen LogP contribution is -2.14. The van der Waals surface area contributed by atoms with Gasteiger partial charge in [0.1, 0.15) is 10.7 Å². The summed E-state index contributed by atoms with van der Waals surface area (Å²) in [7, 11) is 0. The van der Waals surface area contributed by atoms with E-state index in [4.69, 9.17) is 16.7 Å². The van der Waals surface area contributed by atoms with E-state index in [1.54, 1.807) is 12.3 Å². The molecule has 7 heteroatoms. The monoisotopic (exact) mass is 313 g/mol. The Morgan fingerprint density at radius 1 is 1.40 bits per heavy atom. The zero-order valence-electron chi connectivity index (χ0n) is 10.2. The highest BCUT2D eigenvalue weighted by Gasteiger charge is 2.19. The molecule has 0 fully saturated rings. The fraction of sp³-hybridized carbons (Fsp3) is 0.0769. The predicted octanol–water partition coefficient (Wildman–Crippen LogP) is 3.80. The molecular weight excluding hydrogens is 305 g/mol. The summed E-state index contributed by atoms with van der Waals surface area (Å²) in [5.41, 5.74) is 0.946. The number of aryl methyl sites for hydroxylation is 1. The number of carboxylic acids is 1. The van der Waals surface area contributed by atoms with E-state index in [1.165, 1.54) is 6.07 Å². The highest BCUT2D eigenvalue weighted by molar-refractivity contribution is 7.12. The molecule has 0 aliphatic heterocycles. The molecule has 2 rings (SSSR count). The molecule has 0 saturated carbocycles. The summed E-state index contributed by atoms with van der Waals surface area (Å²) in [6.45, 7) is 1.69. The minimum atomic E-state index is -1.12. The van der Waals surface area contributed by atoms with Crippen LogP contribution in [0.1, 0.15) is 25.6 Å². The number of rotatable bonds is 3. The highest BCUT2D eigenvalue weighted by Crippen LogP contribution is 2.28. The van der Waals surface area contributed by atoms with Gasteiger partial charge in [-0.2, -0.15) is 0 Å². The summed E-state index contributed by atoms with van der Waals surface area (Å²) < 4.78 is 12.9. The molecule has 0 aliphatic rings. The molecule has 0 radical (unpaired) electrons. The van der Waals surface area contributed by atoms with Crippen LogP contribution in [0, 0.1) is 12.7 Å². The number of thiophene rings is 1. The lowest BCUT2D eigenvalue weighted by molar-refractivity contribution is 0.0703. The maximum Gasteiger partial charge on any atom is 0.348 e. The van der Waals surface area contributed by atoms with Crippen LogP contribution in [0.3, 0.4) is 0 Å². The van der Waals surface area contributed by atoms with Crippen molar-refractivity contribution in [2.45, 2.75) is 6.92 Å². The van der Waals surface area contributed by atoms with Crippen LogP contribution < -0.4 is 5.32 Å². The van der Waals surface area contributed by atoms with Gasteiger partial charge in [0.05, 0.1) is 16.3 Å². The molecule has 2 N–H and O–H groups in total. The van der Waals surface area contributed by atoms with Gasteiger partial charge in [0.2, 0.25) is 0 Å². The summed E-state index contributed by atoms with van der Waals surface area (Å²) in [5, 5.41) is 13.1. The fourth-order valence-corrected chi connectivity index (χ4v) is 2.71. The Morgan fingerprint density at radius 2 is 2.10 bits per heavy atom. The van der Waals surface area contributed by atoms with E-state index < -0.39 is 17.7 Å². The molecule has 0 aliphatic carbocycles. The Morgan fingerprint density at radius 3 is 2.70 bits per heavy atom. The highest BCUT2D eigenvalue weighted by atomic mass is 35.5. The first-order valence-electron chi connectivity index (χ1n) is 5.48. The number of hydrogen-bond acceptors (Lipinski definition) is 3. The molecule has 1 heterocycles. The van der Waals surface area contributed by atoms with Gasteiger partial charge in [-0.1, -0.05) is 11.6 Å². The van der Waals surface area contributed by atoms with Gasteiger partial charge in [-0.3, -0.25) is 4.79 Å². The van der Waals surface area contributed by atoms with Crippen molar-refractivity contribution in [3.8, 4) is 0 Å². The van der Waals surface area contributed by atoms with Gasteiger partial charge in [0.25, 0.3) is 5.91 Å². The first kappa shape index (κ1) is 14.5. The number of anilines is 1. The molecule has 0 spiro atoms. The first-order chi connectivity index (χ1) is 9.40. The molecule has 20 heavy (non-hydrogen) atoms. The number of aromatic carboxylic acids is 1. The van der Waals surface area contributed by atoms with Gasteiger partial charge in [0, 0.05) is 0 Å². The lowest BCUT2D eigenvalue weighted by Gasteiger charge is -2.07. The average Bonchev–Trinajstić information content (AvgIpc) is 2.71. The van der Waals surface area contributed by atoms with E-state index in [0.29, 0.717) is 5.56 Å². The van der Waals surface area contributed by atoms with Gasteiger partial charge < -0.3 is 10.4 Å². The summed E-state index contributed by atoms with van der Waals surface area (Å²) in [5.74, 6) is -2.26. The zero-order chi connectivity index (χ0) is 14.9. The second-order valence-electron chi connectivity index (χ2n) is 4.01. The van der Waals surface area contributed by atoms with Crippen LogP contribution in [0.2, 0.25) is 5.02 Å². The topological polar surface area (TPSA) is 66.4 Å². The number of halogens is 2. The van der Waals surface area contributed by atoms with Crippen molar-refractivity contribution < 1.29 is 19.1 Å². The number of nitrogens with one attached hydrogen (secondary N) is 1. The fourth-order valence-electron chi connectivity index (χ4n) is 1.61. The normalized spacial score (nSPS) is 10.3. The molecule has 1 amide bonds. The van der Waals surface area contributed by atoms with Crippen molar-refractivity contribution in [2.75, 3.05) is 5.32 Å². The number of hydrogen-bond donors (Lipinski definition) is 2. The van der Waals surface area contributed by atoms with E-state index in [-0.39, 0.29) is 21.2 Å². The smallest absolute Gasteiger partial charge is 0.348 e. The van der Waals surface area contributed by atoms with Crippen molar-refractivity contribution in [2.24, 2.45) is 0 Å². The van der Waals surface area contributed by atoms with E-state index >= 15 is 0 Å². The standard InChI is InChI=1S/C13H9ClFNO3S/c1-6-5-20-11(13(18)19)10(6)16-12(17)8-3-2-7(15)4-9(8)14/h2-5H,1H3,(H,16,17)(H,18,19). The molecule has 2 aromatic rings. The Kier molecular flexibility index (Phi) is 4.06. The van der Waals surface area contributed by atoms with Gasteiger partial charge in [-0.15, -0.1) is 11.3 Å². The minimum absolute atomic E-state index is 0.0349. The number of amides is 1. The number of benzene rings is 1. The molecule has 0 unspecified atom stereocenters. The van der Waals surface area contributed by atoms with Crippen molar-refractivity contribution in [1.29, 1.82) is 0 Å². The van der Waals surface area contributed by atoms with Crippen LogP contribution in [-0.2, 0) is 0 Å². The molecule has 0 atom stereocenters. The van der Waals surface area contributed by atoms with Crippen molar-refractivity contribution in [3.63, 3.8) is 0 Å². The molecule has 1 aromatic carbocycles. The second-order valence-corrected chi connectivity index (χ2v) is 5.29. The van der Waals surface area contributed by atoms with E-state index in [0.717, 1.165) is 23.5 Å². The third-order valence-corrected chi connectivity index (χ3v) is 3.98. The first-order valence-corrected chi connectivity index (χ1v) is 6.73. The predicted molar refractivity (Wildman–Crippen MR) is 75.4 cm³/mol. The number of carboxylic acid groups (broad SMARTS) is 1. The summed E-state index contributed by atoms with van der Waals surface area (Å²) in [6.07, 6.45) is 0. The van der Waals surface area contributed by atoms with Crippen molar-refractivity contribution in [1.82, 2.24) is 0 Å². The van der Waals surface area contributed by atoms with Crippen molar-refractivity contribution >= 4 is 40.5 Å². The van der Waals surface area contributed by atoms with Gasteiger partial charge in [-0.05, 0) is 36.1 Å². The van der Waals surface area contributed by atoms with Crippen LogP contribution in [0.5, 0.6) is 0 Å². The minimum Gasteiger partial charge on any atom is -0.477 e. The molecule has 0 saturated heterocycles. The summed E-state index contributed by atoms with van der Waals surface area (Å²) in [6, 6.07) is 3.38. The lowest BCUT2D eigenvalue weighted by atomic mass is 10.2. The zero-order valence-corrected chi connectivity index (χ0v) is 11.8. The van der Waals surface area contributed by atoms with Crippen LogP contribution in [-0.4, -0.2) is 17.0 Å².